The maximum atomic E-state index is 3.45. The number of rotatable bonds is 5. The Bertz CT molecular complexity index is 307. The van der Waals surface area contributed by atoms with Gasteiger partial charge in [0.2, 0.25) is 0 Å². The van der Waals surface area contributed by atoms with Gasteiger partial charge in [0.05, 0.1) is 0 Å². The summed E-state index contributed by atoms with van der Waals surface area (Å²) in [6.45, 7) is 9.71. The Balaban J connectivity index is 2.66. The molecule has 0 atom stereocenters. The van der Waals surface area contributed by atoms with Gasteiger partial charge in [-0.15, -0.1) is 11.8 Å². The van der Waals surface area contributed by atoms with Crippen LogP contribution in [-0.2, 0) is 6.54 Å². The fourth-order valence-corrected chi connectivity index (χ4v) is 2.19. The lowest BCUT2D eigenvalue weighted by Crippen LogP contribution is -2.22. The minimum atomic E-state index is 0.550. The van der Waals surface area contributed by atoms with Crippen LogP contribution in [0.15, 0.2) is 23.1 Å². The summed E-state index contributed by atoms with van der Waals surface area (Å²) in [4.78, 5) is 1.38. The zero-order valence-electron chi connectivity index (χ0n) is 10.1. The molecule has 0 unspecified atom stereocenters. The van der Waals surface area contributed by atoms with Crippen LogP contribution in [0.1, 0.15) is 31.9 Å². The van der Waals surface area contributed by atoms with Crippen molar-refractivity contribution in [3.05, 3.63) is 29.3 Å². The van der Waals surface area contributed by atoms with Gasteiger partial charge < -0.3 is 5.32 Å². The van der Waals surface area contributed by atoms with Gasteiger partial charge in [-0.1, -0.05) is 26.8 Å². The molecule has 2 heteroatoms. The molecule has 0 fully saturated rings. The van der Waals surface area contributed by atoms with Crippen molar-refractivity contribution in [1.29, 1.82) is 0 Å². The zero-order chi connectivity index (χ0) is 11.3. The molecule has 0 aliphatic rings. The third kappa shape index (κ3) is 4.27. The van der Waals surface area contributed by atoms with Crippen molar-refractivity contribution >= 4 is 11.8 Å². The van der Waals surface area contributed by atoms with Crippen LogP contribution in [0.4, 0.5) is 0 Å². The van der Waals surface area contributed by atoms with Crippen molar-refractivity contribution in [3.8, 4) is 0 Å². The van der Waals surface area contributed by atoms with E-state index in [4.69, 9.17) is 0 Å². The maximum Gasteiger partial charge on any atom is 0.0210 e. The Morgan fingerprint density at radius 3 is 2.60 bits per heavy atom. The number of benzene rings is 1. The number of aryl methyl sites for hydroxylation is 1. The van der Waals surface area contributed by atoms with Crippen LogP contribution in [-0.4, -0.2) is 11.8 Å². The molecule has 84 valence electrons. The Kier molecular flexibility index (Phi) is 5.20. The lowest BCUT2D eigenvalue weighted by Gasteiger charge is -2.11. The van der Waals surface area contributed by atoms with E-state index >= 15 is 0 Å². The number of thioether (sulfide) groups is 1. The molecule has 0 aliphatic heterocycles. The first-order valence-corrected chi connectivity index (χ1v) is 6.57. The highest BCUT2D eigenvalue weighted by atomic mass is 32.2. The summed E-state index contributed by atoms with van der Waals surface area (Å²) < 4.78 is 0. The van der Waals surface area contributed by atoms with Crippen molar-refractivity contribution in [2.24, 2.45) is 0 Å². The van der Waals surface area contributed by atoms with Gasteiger partial charge in [0.25, 0.3) is 0 Å². The molecule has 0 radical (unpaired) electrons. The largest absolute Gasteiger partial charge is 0.310 e. The van der Waals surface area contributed by atoms with Gasteiger partial charge in [0.1, 0.15) is 0 Å². The standard InChI is InChI=1S/C13H21NS/c1-5-15-13-7-6-12(11(4)8-13)9-14-10(2)3/h6-8,10,14H,5,9H2,1-4H3. The van der Waals surface area contributed by atoms with Crippen molar-refractivity contribution in [1.82, 2.24) is 5.32 Å². The second-order valence-electron chi connectivity index (χ2n) is 4.06. The van der Waals surface area contributed by atoms with Crippen molar-refractivity contribution < 1.29 is 0 Å². The third-order valence-electron chi connectivity index (χ3n) is 2.33. The van der Waals surface area contributed by atoms with Crippen LogP contribution in [0.2, 0.25) is 0 Å². The third-order valence-corrected chi connectivity index (χ3v) is 3.20. The highest BCUT2D eigenvalue weighted by Crippen LogP contribution is 2.20. The molecule has 0 saturated heterocycles. The van der Waals surface area contributed by atoms with Crippen LogP contribution in [0.5, 0.6) is 0 Å². The monoisotopic (exact) mass is 223 g/mol. The van der Waals surface area contributed by atoms with Crippen LogP contribution in [0, 0.1) is 6.92 Å². The van der Waals surface area contributed by atoms with Crippen LogP contribution in [0.25, 0.3) is 0 Å². The summed E-state index contributed by atoms with van der Waals surface area (Å²) >= 11 is 1.90. The molecule has 15 heavy (non-hydrogen) atoms. The minimum Gasteiger partial charge on any atom is -0.310 e. The van der Waals surface area contributed by atoms with Gasteiger partial charge in [-0.2, -0.15) is 0 Å². The smallest absolute Gasteiger partial charge is 0.0210 e. The van der Waals surface area contributed by atoms with Gasteiger partial charge >= 0.3 is 0 Å². The molecule has 1 aromatic carbocycles. The Morgan fingerprint density at radius 1 is 1.33 bits per heavy atom. The van der Waals surface area contributed by atoms with E-state index in [0.717, 1.165) is 12.3 Å². The van der Waals surface area contributed by atoms with E-state index in [0.29, 0.717) is 6.04 Å². The van der Waals surface area contributed by atoms with E-state index in [1.165, 1.54) is 16.0 Å². The fourth-order valence-electron chi connectivity index (χ4n) is 1.44. The van der Waals surface area contributed by atoms with Crippen LogP contribution >= 0.6 is 11.8 Å². The molecule has 0 aliphatic carbocycles. The Hall–Kier alpha value is -0.470. The Morgan fingerprint density at radius 2 is 2.07 bits per heavy atom. The second kappa shape index (κ2) is 6.19. The molecular formula is C13H21NS. The van der Waals surface area contributed by atoms with Crippen molar-refractivity contribution in [3.63, 3.8) is 0 Å². The van der Waals surface area contributed by atoms with Gasteiger partial charge in [-0.25, -0.2) is 0 Å². The molecule has 1 nitrogen and oxygen atoms in total. The van der Waals surface area contributed by atoms with Crippen LogP contribution < -0.4 is 5.32 Å². The van der Waals surface area contributed by atoms with E-state index in [1.807, 2.05) is 11.8 Å². The summed E-state index contributed by atoms with van der Waals surface area (Å²) in [5.41, 5.74) is 2.80. The summed E-state index contributed by atoms with van der Waals surface area (Å²) in [5.74, 6) is 1.14. The highest BCUT2D eigenvalue weighted by molar-refractivity contribution is 7.99. The van der Waals surface area contributed by atoms with Crippen molar-refractivity contribution in [2.75, 3.05) is 5.75 Å². The topological polar surface area (TPSA) is 12.0 Å². The molecule has 0 spiro atoms. The normalized spacial score (nSPS) is 11.0. The second-order valence-corrected chi connectivity index (χ2v) is 5.39. The first-order chi connectivity index (χ1) is 7.13. The predicted octanol–water partition coefficient (Wildman–Crippen LogP) is 3.61. The average molecular weight is 223 g/mol. The van der Waals surface area contributed by atoms with E-state index < -0.39 is 0 Å². The molecule has 0 amide bonds. The number of hydrogen-bond donors (Lipinski definition) is 1. The molecule has 1 N–H and O–H groups in total. The first-order valence-electron chi connectivity index (χ1n) is 5.59. The maximum absolute atomic E-state index is 3.45. The van der Waals surface area contributed by atoms with Gasteiger partial charge in [0, 0.05) is 17.5 Å². The van der Waals surface area contributed by atoms with E-state index in [1.54, 1.807) is 0 Å². The first kappa shape index (κ1) is 12.6. The molecule has 0 saturated carbocycles. The zero-order valence-corrected chi connectivity index (χ0v) is 10.9. The molecule has 1 aromatic rings. The summed E-state index contributed by atoms with van der Waals surface area (Å²) in [6, 6.07) is 7.29. The Labute approximate surface area is 97.7 Å². The number of hydrogen-bond acceptors (Lipinski definition) is 2. The SMILES string of the molecule is CCSc1ccc(CNC(C)C)c(C)c1. The van der Waals surface area contributed by atoms with E-state index in [2.05, 4.69) is 51.2 Å². The summed E-state index contributed by atoms with van der Waals surface area (Å²) in [7, 11) is 0. The molecule has 0 heterocycles. The quantitative estimate of drug-likeness (QED) is 0.765. The van der Waals surface area contributed by atoms with Gasteiger partial charge in [0.15, 0.2) is 0 Å². The highest BCUT2D eigenvalue weighted by Gasteiger charge is 2.01. The van der Waals surface area contributed by atoms with Gasteiger partial charge in [-0.05, 0) is 35.9 Å². The van der Waals surface area contributed by atoms with Gasteiger partial charge in [-0.3, -0.25) is 0 Å². The summed E-state index contributed by atoms with van der Waals surface area (Å²) in [6.07, 6.45) is 0. The average Bonchev–Trinajstić information content (AvgIpc) is 2.17. The number of nitrogens with one attached hydrogen (secondary N) is 1. The van der Waals surface area contributed by atoms with E-state index in [-0.39, 0.29) is 0 Å². The van der Waals surface area contributed by atoms with Crippen LogP contribution in [0.3, 0.4) is 0 Å². The van der Waals surface area contributed by atoms with E-state index in [9.17, 15) is 0 Å². The lowest BCUT2D eigenvalue weighted by molar-refractivity contribution is 0.587. The molecule has 0 aromatic heterocycles. The fraction of sp³-hybridized carbons (Fsp3) is 0.538. The molecular weight excluding hydrogens is 202 g/mol. The van der Waals surface area contributed by atoms with Crippen molar-refractivity contribution in [2.45, 2.75) is 45.2 Å². The summed E-state index contributed by atoms with van der Waals surface area (Å²) in [5, 5.41) is 3.45. The minimum absolute atomic E-state index is 0.550. The molecule has 1 rings (SSSR count). The predicted molar refractivity (Wildman–Crippen MR) is 69.6 cm³/mol. The molecule has 0 bridgehead atoms. The lowest BCUT2D eigenvalue weighted by atomic mass is 10.1.